The normalized spacial score (nSPS) is 12.2. The number of carbonyl (C=O) groups excluding carboxylic acids is 2. The summed E-state index contributed by atoms with van der Waals surface area (Å²) in [5, 5.41) is 2.40. The number of carbonyl (C=O) groups is 2. The van der Waals surface area contributed by atoms with Crippen molar-refractivity contribution < 1.29 is 27.5 Å². The van der Waals surface area contributed by atoms with Crippen molar-refractivity contribution in [2.75, 3.05) is 0 Å². The second-order valence-corrected chi connectivity index (χ2v) is 6.99. The van der Waals surface area contributed by atoms with Crippen LogP contribution in [0.5, 0.6) is 11.6 Å². The summed E-state index contributed by atoms with van der Waals surface area (Å²) < 4.78 is 42.9. The standard InChI is InChI=1S/C22H16ClF3N2O3/c1-13(28-21(30)22(24,25)26)14-4-6-15(7-5-14)19(29)18-3-2-12-27-20(18)31-17-10-8-16(23)9-11-17/h2-13H,1H3,(H,28,30)/t13-/m0/s1. The molecule has 5 nitrogen and oxygen atoms in total. The molecular weight excluding hydrogens is 433 g/mol. The molecule has 0 saturated heterocycles. The van der Waals surface area contributed by atoms with Gasteiger partial charge in [-0.05, 0) is 48.9 Å². The van der Waals surface area contributed by atoms with E-state index in [9.17, 15) is 22.8 Å². The molecule has 3 aromatic rings. The highest BCUT2D eigenvalue weighted by molar-refractivity contribution is 6.30. The van der Waals surface area contributed by atoms with Crippen molar-refractivity contribution in [1.29, 1.82) is 0 Å². The SMILES string of the molecule is C[C@H](NC(=O)C(F)(F)F)c1ccc(C(=O)c2cccnc2Oc2ccc(Cl)cc2)cc1. The van der Waals surface area contributed by atoms with Crippen LogP contribution in [-0.4, -0.2) is 22.9 Å². The molecule has 9 heteroatoms. The highest BCUT2D eigenvalue weighted by Crippen LogP contribution is 2.26. The third-order valence-corrected chi connectivity index (χ3v) is 4.57. The Morgan fingerprint density at radius 1 is 1.03 bits per heavy atom. The van der Waals surface area contributed by atoms with Gasteiger partial charge in [0.2, 0.25) is 5.88 Å². The maximum Gasteiger partial charge on any atom is 0.471 e. The van der Waals surface area contributed by atoms with E-state index in [1.165, 1.54) is 37.4 Å². The van der Waals surface area contributed by atoms with Crippen LogP contribution < -0.4 is 10.1 Å². The predicted molar refractivity (Wildman–Crippen MR) is 108 cm³/mol. The summed E-state index contributed by atoms with van der Waals surface area (Å²) in [5.41, 5.74) is 0.911. The molecule has 160 valence electrons. The number of ether oxygens (including phenoxy) is 1. The first-order chi connectivity index (χ1) is 14.6. The van der Waals surface area contributed by atoms with Crippen molar-refractivity contribution in [2.24, 2.45) is 0 Å². The molecule has 1 aromatic heterocycles. The molecule has 0 spiro atoms. The maximum atomic E-state index is 12.9. The molecule has 0 unspecified atom stereocenters. The molecule has 0 aliphatic heterocycles. The molecule has 31 heavy (non-hydrogen) atoms. The lowest BCUT2D eigenvalue weighted by atomic mass is 10.0. The van der Waals surface area contributed by atoms with Gasteiger partial charge in [0.05, 0.1) is 11.6 Å². The number of rotatable bonds is 6. The van der Waals surface area contributed by atoms with Crippen LogP contribution in [0.25, 0.3) is 0 Å². The minimum Gasteiger partial charge on any atom is -0.438 e. The molecule has 1 amide bonds. The summed E-state index contributed by atoms with van der Waals surface area (Å²) in [4.78, 5) is 28.2. The number of pyridine rings is 1. The molecule has 2 aromatic carbocycles. The van der Waals surface area contributed by atoms with Gasteiger partial charge in [-0.15, -0.1) is 0 Å². The number of nitrogens with one attached hydrogen (secondary N) is 1. The van der Waals surface area contributed by atoms with E-state index in [0.29, 0.717) is 16.3 Å². The smallest absolute Gasteiger partial charge is 0.438 e. The molecular formula is C22H16ClF3N2O3. The molecule has 3 rings (SSSR count). The fourth-order valence-electron chi connectivity index (χ4n) is 2.70. The number of amides is 1. The molecule has 0 aliphatic rings. The van der Waals surface area contributed by atoms with Gasteiger partial charge in [0.25, 0.3) is 0 Å². The van der Waals surface area contributed by atoms with Crippen molar-refractivity contribution in [3.8, 4) is 11.6 Å². The summed E-state index contributed by atoms with van der Waals surface area (Å²) in [6.07, 6.45) is -3.49. The summed E-state index contributed by atoms with van der Waals surface area (Å²) in [6.45, 7) is 1.42. The van der Waals surface area contributed by atoms with E-state index in [1.54, 1.807) is 36.4 Å². The fourth-order valence-corrected chi connectivity index (χ4v) is 2.83. The van der Waals surface area contributed by atoms with Crippen LogP contribution in [0.15, 0.2) is 66.9 Å². The van der Waals surface area contributed by atoms with Crippen LogP contribution in [0.1, 0.15) is 34.5 Å². The molecule has 1 atom stereocenters. The van der Waals surface area contributed by atoms with E-state index in [2.05, 4.69) is 4.98 Å². The topological polar surface area (TPSA) is 68.3 Å². The second-order valence-electron chi connectivity index (χ2n) is 6.56. The number of nitrogens with zero attached hydrogens (tertiary/aromatic N) is 1. The van der Waals surface area contributed by atoms with Crippen LogP contribution in [0, 0.1) is 0 Å². The van der Waals surface area contributed by atoms with Crippen molar-refractivity contribution in [3.05, 3.63) is 88.6 Å². The zero-order valence-corrected chi connectivity index (χ0v) is 16.9. The fraction of sp³-hybridized carbons (Fsp3) is 0.136. The average molecular weight is 449 g/mol. The lowest BCUT2D eigenvalue weighted by Gasteiger charge is -2.16. The number of benzene rings is 2. The van der Waals surface area contributed by atoms with Crippen LogP contribution in [0.4, 0.5) is 13.2 Å². The highest BCUT2D eigenvalue weighted by atomic mass is 35.5. The first-order valence-corrected chi connectivity index (χ1v) is 9.43. The lowest BCUT2D eigenvalue weighted by Crippen LogP contribution is -2.38. The van der Waals surface area contributed by atoms with Crippen LogP contribution in [0.3, 0.4) is 0 Å². The third-order valence-electron chi connectivity index (χ3n) is 4.32. The Bertz CT molecular complexity index is 1080. The number of alkyl halides is 3. The Morgan fingerprint density at radius 2 is 1.68 bits per heavy atom. The Kier molecular flexibility index (Phi) is 6.60. The zero-order chi connectivity index (χ0) is 22.6. The molecule has 0 aliphatic carbocycles. The Labute approximate surface area is 180 Å². The number of hydrogen-bond acceptors (Lipinski definition) is 4. The molecule has 1 heterocycles. The molecule has 0 saturated carbocycles. The van der Waals surface area contributed by atoms with E-state index in [-0.39, 0.29) is 22.8 Å². The number of halogens is 4. The Hall–Kier alpha value is -3.39. The van der Waals surface area contributed by atoms with Gasteiger partial charge in [-0.1, -0.05) is 35.9 Å². The minimum atomic E-state index is -4.97. The summed E-state index contributed by atoms with van der Waals surface area (Å²) in [6, 6.07) is 14.7. The van der Waals surface area contributed by atoms with Gasteiger partial charge in [0, 0.05) is 16.8 Å². The lowest BCUT2D eigenvalue weighted by molar-refractivity contribution is -0.174. The zero-order valence-electron chi connectivity index (χ0n) is 16.1. The molecule has 0 radical (unpaired) electrons. The van der Waals surface area contributed by atoms with Crippen LogP contribution in [-0.2, 0) is 4.79 Å². The van der Waals surface area contributed by atoms with E-state index >= 15 is 0 Å². The Morgan fingerprint density at radius 3 is 2.29 bits per heavy atom. The van der Waals surface area contributed by atoms with Crippen molar-refractivity contribution in [3.63, 3.8) is 0 Å². The molecule has 0 fully saturated rings. The summed E-state index contributed by atoms with van der Waals surface area (Å²) >= 11 is 5.86. The van der Waals surface area contributed by atoms with Gasteiger partial charge in [-0.2, -0.15) is 13.2 Å². The monoisotopic (exact) mass is 448 g/mol. The van der Waals surface area contributed by atoms with Gasteiger partial charge >= 0.3 is 12.1 Å². The highest BCUT2D eigenvalue weighted by Gasteiger charge is 2.39. The number of aromatic nitrogens is 1. The van der Waals surface area contributed by atoms with Crippen LogP contribution in [0.2, 0.25) is 5.02 Å². The van der Waals surface area contributed by atoms with Crippen molar-refractivity contribution in [1.82, 2.24) is 10.3 Å². The van der Waals surface area contributed by atoms with Crippen molar-refractivity contribution in [2.45, 2.75) is 19.1 Å². The van der Waals surface area contributed by atoms with E-state index in [1.807, 2.05) is 5.32 Å². The van der Waals surface area contributed by atoms with E-state index in [4.69, 9.17) is 16.3 Å². The van der Waals surface area contributed by atoms with E-state index in [0.717, 1.165) is 0 Å². The van der Waals surface area contributed by atoms with Gasteiger partial charge in [0.15, 0.2) is 5.78 Å². The first-order valence-electron chi connectivity index (χ1n) is 9.06. The Balaban J connectivity index is 1.78. The van der Waals surface area contributed by atoms with Gasteiger partial charge < -0.3 is 10.1 Å². The minimum absolute atomic E-state index is 0.102. The molecule has 1 N–H and O–H groups in total. The first kappa shape index (κ1) is 22.3. The van der Waals surface area contributed by atoms with Gasteiger partial charge in [0.1, 0.15) is 5.75 Å². The quantitative estimate of drug-likeness (QED) is 0.506. The van der Waals surface area contributed by atoms with Crippen LogP contribution >= 0.6 is 11.6 Å². The van der Waals surface area contributed by atoms with Crippen molar-refractivity contribution >= 4 is 23.3 Å². The number of ketones is 1. The third kappa shape index (κ3) is 5.61. The van der Waals surface area contributed by atoms with E-state index < -0.39 is 18.1 Å². The molecule has 0 bridgehead atoms. The maximum absolute atomic E-state index is 12.9. The average Bonchev–Trinajstić information content (AvgIpc) is 2.74. The summed E-state index contributed by atoms with van der Waals surface area (Å²) in [7, 11) is 0. The number of hydrogen-bond donors (Lipinski definition) is 1. The summed E-state index contributed by atoms with van der Waals surface area (Å²) in [5.74, 6) is -1.86. The second kappa shape index (κ2) is 9.18. The predicted octanol–water partition coefficient (Wildman–Crippen LogP) is 5.50. The van der Waals surface area contributed by atoms with Gasteiger partial charge in [-0.3, -0.25) is 9.59 Å². The largest absolute Gasteiger partial charge is 0.471 e. The van der Waals surface area contributed by atoms with Gasteiger partial charge in [-0.25, -0.2) is 4.98 Å².